The Bertz CT molecular complexity index is 1090. The highest BCUT2D eigenvalue weighted by Gasteiger charge is 2.61. The van der Waals surface area contributed by atoms with Gasteiger partial charge in [0, 0.05) is 45.2 Å². The molecule has 4 aliphatic carbocycles. The van der Waals surface area contributed by atoms with Gasteiger partial charge in [0.15, 0.2) is 0 Å². The molecule has 3 amide bonds. The molecule has 0 aromatic carbocycles. The van der Waals surface area contributed by atoms with Gasteiger partial charge in [0.25, 0.3) is 0 Å². The maximum atomic E-state index is 13.6. The molecule has 0 unspecified atom stereocenters. The molecule has 2 aliphatic heterocycles. The van der Waals surface area contributed by atoms with Crippen molar-refractivity contribution in [2.45, 2.75) is 123 Å². The van der Waals surface area contributed by atoms with Gasteiger partial charge in [0.2, 0.25) is 17.7 Å². The van der Waals surface area contributed by atoms with Gasteiger partial charge in [-0.1, -0.05) is 27.7 Å². The van der Waals surface area contributed by atoms with Crippen LogP contribution < -0.4 is 5.32 Å². The Morgan fingerprint density at radius 2 is 1.61 bits per heavy atom. The number of nitrogens with one attached hydrogen (secondary N) is 1. The lowest BCUT2D eigenvalue weighted by Gasteiger charge is -2.62. The van der Waals surface area contributed by atoms with Gasteiger partial charge >= 0.3 is 0 Å². The van der Waals surface area contributed by atoms with E-state index in [1.807, 2.05) is 18.7 Å². The second kappa shape index (κ2) is 12.5. The van der Waals surface area contributed by atoms with Crippen molar-refractivity contribution in [2.75, 3.05) is 39.3 Å². The molecular formula is C35H58N4O5. The van der Waals surface area contributed by atoms with E-state index in [0.717, 1.165) is 45.2 Å². The van der Waals surface area contributed by atoms with E-state index in [2.05, 4.69) is 24.1 Å². The Balaban J connectivity index is 1.05. The van der Waals surface area contributed by atoms with E-state index in [9.17, 15) is 24.6 Å². The molecule has 6 aliphatic rings. The van der Waals surface area contributed by atoms with E-state index in [4.69, 9.17) is 0 Å². The van der Waals surface area contributed by atoms with Crippen LogP contribution in [0.2, 0.25) is 0 Å². The van der Waals surface area contributed by atoms with Gasteiger partial charge in [-0.15, -0.1) is 0 Å². The summed E-state index contributed by atoms with van der Waals surface area (Å²) in [6, 6.07) is -0.324. The van der Waals surface area contributed by atoms with Gasteiger partial charge in [-0.2, -0.15) is 0 Å². The van der Waals surface area contributed by atoms with Crippen molar-refractivity contribution in [1.82, 2.24) is 20.0 Å². The van der Waals surface area contributed by atoms with Gasteiger partial charge < -0.3 is 25.3 Å². The Morgan fingerprint density at radius 1 is 0.886 bits per heavy atom. The predicted octanol–water partition coefficient (Wildman–Crippen LogP) is 3.03. The monoisotopic (exact) mass is 614 g/mol. The average molecular weight is 615 g/mol. The van der Waals surface area contributed by atoms with E-state index in [-0.39, 0.29) is 59.3 Å². The SMILES string of the molecule is CC(C)CC(=O)NCC(=O)N1CCC[C@H]1C(=O)N1CCN([C@H]2C[C@@]3(C)[C@@H](CC[C@@H]4[C@@H]3CC[C@]3(C)[C@@H](O)CC[C@@H]43)C[C@@H]2O)CC1. The minimum Gasteiger partial charge on any atom is -0.393 e. The lowest BCUT2D eigenvalue weighted by molar-refractivity contribution is -0.158. The van der Waals surface area contributed by atoms with E-state index in [1.165, 1.54) is 25.7 Å². The Morgan fingerprint density at radius 3 is 2.34 bits per heavy atom. The second-order valence-corrected chi connectivity index (χ2v) is 16.4. The Kier molecular flexibility index (Phi) is 9.14. The summed E-state index contributed by atoms with van der Waals surface area (Å²) in [5.41, 5.74) is 0.298. The second-order valence-electron chi connectivity index (χ2n) is 16.4. The zero-order valence-corrected chi connectivity index (χ0v) is 27.7. The van der Waals surface area contributed by atoms with E-state index in [1.54, 1.807) is 4.90 Å². The first-order chi connectivity index (χ1) is 20.9. The first-order valence-electron chi connectivity index (χ1n) is 17.9. The molecule has 2 heterocycles. The van der Waals surface area contributed by atoms with Gasteiger partial charge in [-0.05, 0) is 105 Å². The minimum atomic E-state index is -0.443. The summed E-state index contributed by atoms with van der Waals surface area (Å²) in [6.45, 7) is 12.1. The quantitative estimate of drug-likeness (QED) is 0.424. The molecule has 6 rings (SSSR count). The fourth-order valence-electron chi connectivity index (χ4n) is 11.1. The van der Waals surface area contributed by atoms with Crippen LogP contribution in [0.5, 0.6) is 0 Å². The Hall–Kier alpha value is -1.71. The number of fused-ring (bicyclic) bond motifs is 5. The van der Waals surface area contributed by atoms with Crippen LogP contribution in [-0.4, -0.2) is 106 Å². The molecule has 4 saturated carbocycles. The fraction of sp³-hybridized carbons (Fsp3) is 0.914. The zero-order chi connectivity index (χ0) is 31.4. The number of carbonyl (C=O) groups is 3. The van der Waals surface area contributed by atoms with Crippen LogP contribution >= 0.6 is 0 Å². The van der Waals surface area contributed by atoms with Crippen molar-refractivity contribution in [2.24, 2.45) is 40.4 Å². The predicted molar refractivity (Wildman–Crippen MR) is 168 cm³/mol. The number of rotatable bonds is 6. The molecule has 0 aromatic rings. The molecule has 9 heteroatoms. The van der Waals surface area contributed by atoms with Crippen LogP contribution in [0, 0.1) is 40.4 Å². The lowest BCUT2D eigenvalue weighted by Crippen LogP contribution is -2.63. The van der Waals surface area contributed by atoms with Crippen molar-refractivity contribution in [3.05, 3.63) is 0 Å². The molecule has 0 spiro atoms. The normalized spacial score (nSPS) is 42.5. The number of likely N-dealkylation sites (tertiary alicyclic amines) is 1. The molecule has 3 N–H and O–H groups in total. The molecule has 0 radical (unpaired) electrons. The van der Waals surface area contributed by atoms with Crippen LogP contribution in [0.3, 0.4) is 0 Å². The summed E-state index contributed by atoms with van der Waals surface area (Å²) in [7, 11) is 0. The van der Waals surface area contributed by atoms with Crippen LogP contribution in [0.1, 0.15) is 98.3 Å². The minimum absolute atomic E-state index is 0.0272. The average Bonchev–Trinajstić information content (AvgIpc) is 3.60. The first kappa shape index (κ1) is 32.2. The summed E-state index contributed by atoms with van der Waals surface area (Å²) >= 11 is 0. The number of aliphatic hydroxyl groups is 2. The van der Waals surface area contributed by atoms with Crippen LogP contribution in [0.25, 0.3) is 0 Å². The fourth-order valence-corrected chi connectivity index (χ4v) is 11.1. The summed E-state index contributed by atoms with van der Waals surface area (Å²) in [4.78, 5) is 44.7. The molecule has 9 nitrogen and oxygen atoms in total. The number of hydrogen-bond donors (Lipinski definition) is 3. The van der Waals surface area contributed by atoms with E-state index < -0.39 is 6.04 Å². The number of carbonyl (C=O) groups excluding carboxylic acids is 3. The maximum absolute atomic E-state index is 13.6. The highest BCUT2D eigenvalue weighted by atomic mass is 16.3. The molecule has 2 saturated heterocycles. The van der Waals surface area contributed by atoms with E-state index >= 15 is 0 Å². The maximum Gasteiger partial charge on any atom is 0.245 e. The summed E-state index contributed by atoms with van der Waals surface area (Å²) in [5.74, 6) is 2.52. The van der Waals surface area contributed by atoms with Crippen LogP contribution in [0.15, 0.2) is 0 Å². The highest BCUT2D eigenvalue weighted by molar-refractivity contribution is 5.90. The van der Waals surface area contributed by atoms with Crippen LogP contribution in [0.4, 0.5) is 0 Å². The molecule has 44 heavy (non-hydrogen) atoms. The standard InChI is InChI=1S/C35H58N4O5/c1-22(2)18-31(42)36-21-32(43)39-13-5-6-27(39)33(44)38-16-14-37(15-17-38)28-20-35(4)23(19-29(28)40)7-8-24-25-9-10-30(41)34(25,3)12-11-26(24)35/h22-30,40-41H,5-21H2,1-4H3,(H,36,42)/t23-,24-,25-,26-,27-,28-,29-,30-,34-,35-/m0/s1. The van der Waals surface area contributed by atoms with Crippen molar-refractivity contribution >= 4 is 17.7 Å². The number of nitrogens with zero attached hydrogens (tertiary/aromatic N) is 3. The molecule has 0 aromatic heterocycles. The first-order valence-corrected chi connectivity index (χ1v) is 17.9. The number of hydrogen-bond acceptors (Lipinski definition) is 6. The van der Waals surface area contributed by atoms with E-state index in [0.29, 0.717) is 56.1 Å². The summed E-state index contributed by atoms with van der Waals surface area (Å²) in [6.07, 6.45) is 10.2. The lowest BCUT2D eigenvalue weighted by atomic mass is 9.44. The third kappa shape index (κ3) is 5.72. The third-order valence-electron chi connectivity index (χ3n) is 13.6. The smallest absolute Gasteiger partial charge is 0.245 e. The summed E-state index contributed by atoms with van der Waals surface area (Å²) in [5, 5.41) is 25.0. The number of amides is 3. The largest absolute Gasteiger partial charge is 0.393 e. The molecule has 248 valence electrons. The molecular weight excluding hydrogens is 556 g/mol. The highest BCUT2D eigenvalue weighted by Crippen LogP contribution is 2.66. The van der Waals surface area contributed by atoms with Crippen LogP contribution in [-0.2, 0) is 14.4 Å². The zero-order valence-electron chi connectivity index (χ0n) is 27.7. The molecule has 0 bridgehead atoms. The Labute approximate surface area is 264 Å². The third-order valence-corrected chi connectivity index (χ3v) is 13.6. The van der Waals surface area contributed by atoms with Gasteiger partial charge in [-0.25, -0.2) is 0 Å². The van der Waals surface area contributed by atoms with Crippen molar-refractivity contribution in [3.63, 3.8) is 0 Å². The van der Waals surface area contributed by atoms with Crippen molar-refractivity contribution < 1.29 is 24.6 Å². The van der Waals surface area contributed by atoms with Gasteiger partial charge in [0.1, 0.15) is 6.04 Å². The van der Waals surface area contributed by atoms with Crippen molar-refractivity contribution in [1.29, 1.82) is 0 Å². The van der Waals surface area contributed by atoms with Crippen molar-refractivity contribution in [3.8, 4) is 0 Å². The molecule has 10 atom stereocenters. The van der Waals surface area contributed by atoms with Gasteiger partial charge in [-0.3, -0.25) is 19.3 Å². The molecule has 6 fully saturated rings. The van der Waals surface area contributed by atoms with Gasteiger partial charge in [0.05, 0.1) is 18.8 Å². The summed E-state index contributed by atoms with van der Waals surface area (Å²) < 4.78 is 0. The number of piperazine rings is 1. The number of aliphatic hydroxyl groups excluding tert-OH is 2. The topological polar surface area (TPSA) is 113 Å².